The van der Waals surface area contributed by atoms with E-state index in [9.17, 15) is 9.90 Å². The van der Waals surface area contributed by atoms with E-state index >= 15 is 0 Å². The van der Waals surface area contributed by atoms with Crippen LogP contribution in [-0.2, 0) is 25.0 Å². The summed E-state index contributed by atoms with van der Waals surface area (Å²) < 4.78 is 8.65. The van der Waals surface area contributed by atoms with Crippen molar-refractivity contribution in [3.05, 3.63) is 94.9 Å². The summed E-state index contributed by atoms with van der Waals surface area (Å²) in [6, 6.07) is 15.8. The van der Waals surface area contributed by atoms with Gasteiger partial charge in [-0.25, -0.2) is 4.79 Å². The Bertz CT molecular complexity index is 1430. The zero-order valence-electron chi connectivity index (χ0n) is 20.0. The Morgan fingerprint density at radius 3 is 2.71 bits per heavy atom. The number of ether oxygens (including phenoxy) is 1. The lowest BCUT2D eigenvalue weighted by atomic mass is 9.72. The smallest absolute Gasteiger partial charge is 0.335 e. The van der Waals surface area contributed by atoms with Gasteiger partial charge >= 0.3 is 5.97 Å². The summed E-state index contributed by atoms with van der Waals surface area (Å²) in [6.45, 7) is 5.86. The van der Waals surface area contributed by atoms with Crippen LogP contribution >= 0.6 is 0 Å². The van der Waals surface area contributed by atoms with Gasteiger partial charge in [-0.05, 0) is 77.3 Å². The fraction of sp³-hybridized carbons (Fsp3) is 0.267. The van der Waals surface area contributed by atoms with E-state index in [-0.39, 0.29) is 11.0 Å². The van der Waals surface area contributed by atoms with Gasteiger partial charge in [-0.15, -0.1) is 0 Å². The van der Waals surface area contributed by atoms with Crippen molar-refractivity contribution >= 4 is 5.97 Å². The molecule has 1 N–H and O–H groups in total. The molecule has 0 bridgehead atoms. The van der Waals surface area contributed by atoms with Crippen molar-refractivity contribution in [1.29, 1.82) is 0 Å². The van der Waals surface area contributed by atoms with Gasteiger partial charge in [0, 0.05) is 41.8 Å². The third-order valence-electron chi connectivity index (χ3n) is 7.51. The molecular formula is C30H28N2O3. The molecule has 0 radical (unpaired) electrons. The predicted octanol–water partition coefficient (Wildman–Crippen LogP) is 6.47. The monoisotopic (exact) mass is 464 g/mol. The van der Waals surface area contributed by atoms with Crippen molar-refractivity contribution in [3.63, 3.8) is 0 Å². The van der Waals surface area contributed by atoms with Gasteiger partial charge in [-0.2, -0.15) is 0 Å². The molecule has 176 valence electrons. The Morgan fingerprint density at radius 1 is 1.14 bits per heavy atom. The largest absolute Gasteiger partial charge is 0.488 e. The van der Waals surface area contributed by atoms with Crippen molar-refractivity contribution in [3.8, 4) is 28.1 Å². The van der Waals surface area contributed by atoms with Gasteiger partial charge in [0.2, 0.25) is 0 Å². The molecule has 0 unspecified atom stereocenters. The van der Waals surface area contributed by atoms with Crippen molar-refractivity contribution < 1.29 is 14.6 Å². The number of carbonyl (C=O) groups is 1. The average Bonchev–Trinajstić information content (AvgIpc) is 3.22. The minimum Gasteiger partial charge on any atom is -0.488 e. The number of hydrogen-bond donors (Lipinski definition) is 1. The zero-order chi connectivity index (χ0) is 24.2. The molecule has 5 nitrogen and oxygen atoms in total. The molecular weight excluding hydrogens is 436 g/mol. The van der Waals surface area contributed by atoms with Crippen LogP contribution < -0.4 is 4.74 Å². The highest BCUT2D eigenvalue weighted by Crippen LogP contribution is 2.47. The highest BCUT2D eigenvalue weighted by atomic mass is 16.5. The van der Waals surface area contributed by atoms with E-state index in [1.165, 1.54) is 29.7 Å². The number of rotatable bonds is 4. The highest BCUT2D eigenvalue weighted by Gasteiger charge is 2.32. The number of benzene rings is 2. The Hall–Kier alpha value is -3.86. The first-order valence-corrected chi connectivity index (χ1v) is 12.2. The Kier molecular flexibility index (Phi) is 5.03. The van der Waals surface area contributed by atoms with E-state index in [1.807, 2.05) is 24.4 Å². The number of nitrogens with zero attached hydrogens (tertiary/aromatic N) is 2. The molecule has 0 saturated carbocycles. The second-order valence-corrected chi connectivity index (χ2v) is 10.3. The molecule has 3 heterocycles. The molecule has 2 aromatic carbocycles. The second kappa shape index (κ2) is 8.12. The van der Waals surface area contributed by atoms with Gasteiger partial charge in [0.1, 0.15) is 12.4 Å². The van der Waals surface area contributed by atoms with E-state index in [0.717, 1.165) is 40.0 Å². The van der Waals surface area contributed by atoms with E-state index in [2.05, 4.69) is 47.8 Å². The quantitative estimate of drug-likeness (QED) is 0.376. The van der Waals surface area contributed by atoms with Crippen LogP contribution in [0.4, 0.5) is 0 Å². The van der Waals surface area contributed by atoms with Crippen LogP contribution in [0, 0.1) is 0 Å². The molecule has 1 aliphatic heterocycles. The fourth-order valence-electron chi connectivity index (χ4n) is 5.69. The van der Waals surface area contributed by atoms with Gasteiger partial charge < -0.3 is 14.4 Å². The number of carboxylic acids is 1. The van der Waals surface area contributed by atoms with Crippen LogP contribution in [0.2, 0.25) is 0 Å². The lowest BCUT2D eigenvalue weighted by Crippen LogP contribution is -2.24. The van der Waals surface area contributed by atoms with E-state index in [0.29, 0.717) is 13.2 Å². The number of carboxylic acid groups (broad SMARTS) is 1. The van der Waals surface area contributed by atoms with Crippen molar-refractivity contribution in [2.75, 3.05) is 0 Å². The normalized spacial score (nSPS) is 15.5. The number of pyridine rings is 1. The molecule has 0 spiro atoms. The molecule has 5 heteroatoms. The molecule has 0 atom stereocenters. The highest BCUT2D eigenvalue weighted by molar-refractivity contribution is 5.89. The molecule has 2 aromatic heterocycles. The maximum Gasteiger partial charge on any atom is 0.335 e. The zero-order valence-corrected chi connectivity index (χ0v) is 20.0. The molecule has 4 aromatic rings. The predicted molar refractivity (Wildman–Crippen MR) is 136 cm³/mol. The van der Waals surface area contributed by atoms with Gasteiger partial charge in [0.05, 0.1) is 11.3 Å². The first-order valence-electron chi connectivity index (χ1n) is 12.2. The molecule has 6 rings (SSSR count). The first-order chi connectivity index (χ1) is 16.9. The minimum atomic E-state index is -0.919. The molecule has 35 heavy (non-hydrogen) atoms. The SMILES string of the molecule is CC1(C)CCCc2cc3c(cc21)-c1c(c(-c2ccc(C(=O)O)cc2)cn1Cc1cccnc1)CO3. The molecule has 1 aliphatic carbocycles. The lowest BCUT2D eigenvalue weighted by molar-refractivity contribution is 0.0697. The van der Waals surface area contributed by atoms with Crippen LogP contribution in [-0.4, -0.2) is 20.6 Å². The van der Waals surface area contributed by atoms with Crippen LogP contribution in [0.15, 0.2) is 67.1 Å². The van der Waals surface area contributed by atoms with Gasteiger partial charge in [0.25, 0.3) is 0 Å². The molecule has 0 saturated heterocycles. The average molecular weight is 465 g/mol. The molecule has 2 aliphatic rings. The minimum absolute atomic E-state index is 0.135. The van der Waals surface area contributed by atoms with E-state index in [1.54, 1.807) is 18.3 Å². The second-order valence-electron chi connectivity index (χ2n) is 10.3. The topological polar surface area (TPSA) is 64.3 Å². The van der Waals surface area contributed by atoms with E-state index < -0.39 is 5.97 Å². The summed E-state index contributed by atoms with van der Waals surface area (Å²) in [5.41, 5.74) is 9.88. The summed E-state index contributed by atoms with van der Waals surface area (Å²) >= 11 is 0. The van der Waals surface area contributed by atoms with Crippen LogP contribution in [0.5, 0.6) is 5.75 Å². The summed E-state index contributed by atoms with van der Waals surface area (Å²) in [7, 11) is 0. The Balaban J connectivity index is 1.54. The summed E-state index contributed by atoms with van der Waals surface area (Å²) in [5.74, 6) is 0.0321. The summed E-state index contributed by atoms with van der Waals surface area (Å²) in [6.07, 6.45) is 9.37. The lowest BCUT2D eigenvalue weighted by Gasteiger charge is -2.34. The van der Waals surface area contributed by atoms with Crippen LogP contribution in [0.25, 0.3) is 22.4 Å². The van der Waals surface area contributed by atoms with Crippen LogP contribution in [0.1, 0.15) is 59.3 Å². The maximum atomic E-state index is 11.4. The van der Waals surface area contributed by atoms with Gasteiger partial charge in [-0.3, -0.25) is 4.98 Å². The van der Waals surface area contributed by atoms with Gasteiger partial charge in [-0.1, -0.05) is 32.0 Å². The Morgan fingerprint density at radius 2 is 1.97 bits per heavy atom. The van der Waals surface area contributed by atoms with E-state index in [4.69, 9.17) is 4.74 Å². The number of fused-ring (bicyclic) bond motifs is 4. The standard InChI is InChI=1S/C30H28N2O3/c1-30(2)11-3-6-22-13-27-23(14-26(22)30)28-25(18-35-27)24(20-7-9-21(10-8-20)29(33)34)17-32(28)16-19-5-4-12-31-15-19/h4-5,7-10,12-15,17H,3,6,11,16,18H2,1-2H3,(H,33,34). The van der Waals surface area contributed by atoms with Crippen molar-refractivity contribution in [1.82, 2.24) is 9.55 Å². The maximum absolute atomic E-state index is 11.4. The molecule has 0 fully saturated rings. The summed E-state index contributed by atoms with van der Waals surface area (Å²) in [5, 5.41) is 9.32. The number of hydrogen-bond acceptors (Lipinski definition) is 3. The third-order valence-corrected chi connectivity index (χ3v) is 7.51. The van der Waals surface area contributed by atoms with Crippen LogP contribution in [0.3, 0.4) is 0 Å². The van der Waals surface area contributed by atoms with Gasteiger partial charge in [0.15, 0.2) is 0 Å². The molecule has 0 amide bonds. The fourth-order valence-corrected chi connectivity index (χ4v) is 5.69. The third kappa shape index (κ3) is 3.72. The summed E-state index contributed by atoms with van der Waals surface area (Å²) in [4.78, 5) is 15.7. The number of aryl methyl sites for hydroxylation is 1. The van der Waals surface area contributed by atoms with Crippen molar-refractivity contribution in [2.45, 2.75) is 51.7 Å². The Labute approximate surface area is 205 Å². The first kappa shape index (κ1) is 21.7. The van der Waals surface area contributed by atoms with Crippen molar-refractivity contribution in [2.24, 2.45) is 0 Å². The number of aromatic nitrogens is 2. The number of aromatic carboxylic acids is 1.